The van der Waals surface area contributed by atoms with E-state index in [1.165, 1.54) is 54.8 Å². The van der Waals surface area contributed by atoms with E-state index in [4.69, 9.17) is 9.40 Å². The maximum Gasteiger partial charge on any atom is 0.227 e. The number of rotatable bonds is 5. The fourth-order valence-corrected chi connectivity index (χ4v) is 8.79. The van der Waals surface area contributed by atoms with Crippen LogP contribution in [0.3, 0.4) is 0 Å². The number of anilines is 3. The van der Waals surface area contributed by atoms with Crippen molar-refractivity contribution in [2.24, 2.45) is 0 Å². The van der Waals surface area contributed by atoms with Crippen molar-refractivity contribution in [3.63, 3.8) is 0 Å². The molecule has 0 saturated heterocycles. The van der Waals surface area contributed by atoms with Crippen LogP contribution >= 0.6 is 0 Å². The van der Waals surface area contributed by atoms with Crippen LogP contribution in [-0.4, -0.2) is 9.55 Å². The van der Waals surface area contributed by atoms with Gasteiger partial charge in [0, 0.05) is 56.0 Å². The molecular weight excluding hydrogens is 659 g/mol. The van der Waals surface area contributed by atoms with Crippen molar-refractivity contribution in [3.8, 4) is 28.3 Å². The van der Waals surface area contributed by atoms with Gasteiger partial charge in [-0.15, -0.1) is 0 Å². The van der Waals surface area contributed by atoms with Gasteiger partial charge in [0.05, 0.1) is 11.0 Å². The third-order valence-electron chi connectivity index (χ3n) is 11.4. The van der Waals surface area contributed by atoms with Gasteiger partial charge in [0.2, 0.25) is 5.89 Å². The Morgan fingerprint density at radius 1 is 0.537 bits per heavy atom. The summed E-state index contributed by atoms with van der Waals surface area (Å²) in [6.07, 6.45) is 0. The lowest BCUT2D eigenvalue weighted by molar-refractivity contribution is 0.620. The monoisotopic (exact) mass is 693 g/mol. The molecule has 4 nitrogen and oxygen atoms in total. The molecule has 0 atom stereocenters. The molecular formula is C50H35N3O. The predicted octanol–water partition coefficient (Wildman–Crippen LogP) is 13.5. The molecule has 0 amide bonds. The Kier molecular flexibility index (Phi) is 6.56. The second-order valence-electron chi connectivity index (χ2n) is 14.8. The van der Waals surface area contributed by atoms with Crippen LogP contribution in [0.15, 0.2) is 180 Å². The minimum absolute atomic E-state index is 0.138. The number of hydrogen-bond acceptors (Lipinski definition) is 3. The van der Waals surface area contributed by atoms with Gasteiger partial charge in [0.1, 0.15) is 5.52 Å². The molecule has 4 heteroatoms. The first-order valence-corrected chi connectivity index (χ1v) is 18.5. The molecule has 0 saturated carbocycles. The molecule has 0 bridgehead atoms. The lowest BCUT2D eigenvalue weighted by Gasteiger charge is -2.28. The van der Waals surface area contributed by atoms with E-state index >= 15 is 0 Å². The molecule has 0 unspecified atom stereocenters. The lowest BCUT2D eigenvalue weighted by Crippen LogP contribution is -2.16. The fraction of sp³-hybridized carbons (Fsp3) is 0.0600. The number of benzene rings is 8. The lowest BCUT2D eigenvalue weighted by atomic mass is 9.82. The summed E-state index contributed by atoms with van der Waals surface area (Å²) in [6.45, 7) is 4.68. The number of nitrogens with zero attached hydrogens (tertiary/aromatic N) is 3. The van der Waals surface area contributed by atoms with E-state index in [0.29, 0.717) is 5.89 Å². The second kappa shape index (κ2) is 11.5. The molecule has 1 aliphatic rings. The van der Waals surface area contributed by atoms with Crippen molar-refractivity contribution < 1.29 is 4.42 Å². The molecule has 0 radical (unpaired) electrons. The molecule has 0 aliphatic heterocycles. The predicted molar refractivity (Wildman–Crippen MR) is 224 cm³/mol. The normalized spacial score (nSPS) is 13.1. The van der Waals surface area contributed by atoms with Crippen molar-refractivity contribution in [1.82, 2.24) is 9.55 Å². The highest BCUT2D eigenvalue weighted by atomic mass is 16.3. The maximum absolute atomic E-state index is 6.45. The van der Waals surface area contributed by atoms with E-state index in [9.17, 15) is 0 Å². The average molecular weight is 694 g/mol. The molecule has 256 valence electrons. The van der Waals surface area contributed by atoms with Crippen LogP contribution in [0.4, 0.5) is 17.1 Å². The Labute approximate surface area is 313 Å². The molecule has 0 spiro atoms. The van der Waals surface area contributed by atoms with Crippen LogP contribution in [0.1, 0.15) is 25.0 Å². The average Bonchev–Trinajstić information content (AvgIpc) is 3.87. The van der Waals surface area contributed by atoms with Crippen molar-refractivity contribution in [3.05, 3.63) is 187 Å². The highest BCUT2D eigenvalue weighted by molar-refractivity contribution is 6.19. The van der Waals surface area contributed by atoms with Gasteiger partial charge in [-0.2, -0.15) is 0 Å². The quantitative estimate of drug-likeness (QED) is 0.180. The van der Waals surface area contributed by atoms with Gasteiger partial charge in [-0.3, -0.25) is 0 Å². The highest BCUT2D eigenvalue weighted by Gasteiger charge is 2.36. The Balaban J connectivity index is 1.16. The Morgan fingerprint density at radius 3 is 2.09 bits per heavy atom. The van der Waals surface area contributed by atoms with Crippen LogP contribution in [0, 0.1) is 0 Å². The van der Waals surface area contributed by atoms with Crippen molar-refractivity contribution in [2.75, 3.05) is 4.90 Å². The van der Waals surface area contributed by atoms with Gasteiger partial charge < -0.3 is 13.9 Å². The van der Waals surface area contributed by atoms with Crippen LogP contribution in [0.25, 0.3) is 71.9 Å². The number of fused-ring (bicyclic) bond motifs is 9. The molecule has 10 aromatic rings. The highest BCUT2D eigenvalue weighted by Crippen LogP contribution is 2.51. The first-order valence-electron chi connectivity index (χ1n) is 18.5. The van der Waals surface area contributed by atoms with E-state index in [1.807, 2.05) is 30.3 Å². The van der Waals surface area contributed by atoms with Gasteiger partial charge in [-0.25, -0.2) is 4.98 Å². The number of aromatic nitrogens is 2. The standard InChI is InChI=1S/C50H35N3O/c1-50(2)43-20-12-11-19-39(43)40-26-22-36(30-44(40)50)52(37-23-27-45-47(31-37)54-49(51-45)33-14-5-3-6-15-33)35-24-28-46-42(29-35)41-25-21-32-13-9-10-18-38(32)48(41)53(46)34-16-7-4-8-17-34/h3-31H,1-2H3. The zero-order valence-corrected chi connectivity index (χ0v) is 30.0. The molecule has 0 N–H and O–H groups in total. The third kappa shape index (κ3) is 4.53. The minimum atomic E-state index is -0.138. The van der Waals surface area contributed by atoms with Crippen LogP contribution in [-0.2, 0) is 5.41 Å². The number of hydrogen-bond donors (Lipinski definition) is 0. The minimum Gasteiger partial charge on any atom is -0.436 e. The molecule has 11 rings (SSSR count). The van der Waals surface area contributed by atoms with E-state index < -0.39 is 0 Å². The van der Waals surface area contributed by atoms with Crippen LogP contribution in [0.2, 0.25) is 0 Å². The van der Waals surface area contributed by atoms with E-state index in [2.05, 4.69) is 169 Å². The van der Waals surface area contributed by atoms with Crippen LogP contribution in [0.5, 0.6) is 0 Å². The topological polar surface area (TPSA) is 34.2 Å². The maximum atomic E-state index is 6.45. The number of oxazole rings is 1. The summed E-state index contributed by atoms with van der Waals surface area (Å²) in [4.78, 5) is 7.23. The van der Waals surface area contributed by atoms with E-state index in [1.54, 1.807) is 0 Å². The van der Waals surface area contributed by atoms with Gasteiger partial charge in [0.25, 0.3) is 0 Å². The van der Waals surface area contributed by atoms with Gasteiger partial charge >= 0.3 is 0 Å². The van der Waals surface area contributed by atoms with Crippen molar-refractivity contribution in [2.45, 2.75) is 19.3 Å². The molecule has 8 aromatic carbocycles. The molecule has 2 heterocycles. The first-order chi connectivity index (χ1) is 26.5. The first kappa shape index (κ1) is 30.7. The van der Waals surface area contributed by atoms with Gasteiger partial charge in [-0.05, 0) is 94.4 Å². The summed E-state index contributed by atoms with van der Waals surface area (Å²) in [7, 11) is 0. The Bertz CT molecular complexity index is 3080. The zero-order valence-electron chi connectivity index (χ0n) is 30.0. The molecule has 0 fully saturated rings. The van der Waals surface area contributed by atoms with E-state index in [0.717, 1.165) is 39.4 Å². The van der Waals surface area contributed by atoms with Gasteiger partial charge in [0.15, 0.2) is 5.58 Å². The second-order valence-corrected chi connectivity index (χ2v) is 14.8. The summed E-state index contributed by atoms with van der Waals surface area (Å²) in [5.74, 6) is 0.619. The summed E-state index contributed by atoms with van der Waals surface area (Å²) in [5.41, 5.74) is 14.4. The molecule has 2 aromatic heterocycles. The largest absolute Gasteiger partial charge is 0.436 e. The molecule has 54 heavy (non-hydrogen) atoms. The smallest absolute Gasteiger partial charge is 0.227 e. The van der Waals surface area contributed by atoms with Crippen LogP contribution < -0.4 is 4.90 Å². The molecule has 1 aliphatic carbocycles. The fourth-order valence-electron chi connectivity index (χ4n) is 8.79. The summed E-state index contributed by atoms with van der Waals surface area (Å²) in [5, 5.41) is 4.88. The summed E-state index contributed by atoms with van der Waals surface area (Å²) < 4.78 is 8.86. The Hall–Kier alpha value is -6.91. The van der Waals surface area contributed by atoms with Crippen molar-refractivity contribution in [1.29, 1.82) is 0 Å². The van der Waals surface area contributed by atoms with Crippen molar-refractivity contribution >= 4 is 60.7 Å². The summed E-state index contributed by atoms with van der Waals surface area (Å²) in [6, 6.07) is 63.1. The summed E-state index contributed by atoms with van der Waals surface area (Å²) >= 11 is 0. The zero-order chi connectivity index (χ0) is 36.0. The third-order valence-corrected chi connectivity index (χ3v) is 11.4. The number of para-hydroxylation sites is 1. The SMILES string of the molecule is CC1(C)c2ccccc2-c2ccc(N(c3ccc4nc(-c5ccccc5)oc4c3)c3ccc4c(c3)c3ccc5ccccc5c3n4-c3ccccc3)cc21. The Morgan fingerprint density at radius 2 is 1.22 bits per heavy atom. The van der Waals surface area contributed by atoms with Gasteiger partial charge in [-0.1, -0.05) is 117 Å². The van der Waals surface area contributed by atoms with E-state index in [-0.39, 0.29) is 5.41 Å².